The molecule has 25 heavy (non-hydrogen) atoms. The predicted octanol–water partition coefficient (Wildman–Crippen LogP) is 3.07. The summed E-state index contributed by atoms with van der Waals surface area (Å²) in [6, 6.07) is 12.3. The van der Waals surface area contributed by atoms with Crippen LogP contribution in [0, 0.1) is 11.3 Å². The average molecular weight is 337 g/mol. The Kier molecular flexibility index (Phi) is 4.94. The first-order valence-electron chi connectivity index (χ1n) is 8.87. The Morgan fingerprint density at radius 1 is 1.08 bits per heavy atom. The summed E-state index contributed by atoms with van der Waals surface area (Å²) >= 11 is 0. The van der Waals surface area contributed by atoms with Gasteiger partial charge in [-0.1, -0.05) is 30.3 Å². The van der Waals surface area contributed by atoms with Gasteiger partial charge in [-0.25, -0.2) is 4.98 Å². The van der Waals surface area contributed by atoms with Crippen molar-refractivity contribution in [2.24, 2.45) is 7.05 Å². The predicted molar refractivity (Wildman–Crippen MR) is 99.9 cm³/mol. The first kappa shape index (κ1) is 17.7. The van der Waals surface area contributed by atoms with Crippen LogP contribution in [0.5, 0.6) is 0 Å². The van der Waals surface area contributed by atoms with Gasteiger partial charge in [-0.2, -0.15) is 5.26 Å². The number of imidazole rings is 1. The minimum absolute atomic E-state index is 0.180. The Morgan fingerprint density at radius 3 is 2.28 bits per heavy atom. The lowest BCUT2D eigenvalue weighted by Crippen LogP contribution is -2.53. The van der Waals surface area contributed by atoms with Gasteiger partial charge in [-0.3, -0.25) is 9.80 Å². The van der Waals surface area contributed by atoms with Crippen LogP contribution in [0.3, 0.4) is 0 Å². The fourth-order valence-corrected chi connectivity index (χ4v) is 3.46. The molecule has 5 nitrogen and oxygen atoms in total. The molecule has 3 rings (SSSR count). The standard InChI is InChI=1S/C20H27N5/c1-20(2,3)25-12-10-24(11-13-25)18(14-21)17-15-23(4)19(22-17)16-8-6-5-7-9-16/h5-9,15,18H,10-13H2,1-4H3. The summed E-state index contributed by atoms with van der Waals surface area (Å²) in [7, 11) is 1.99. The van der Waals surface area contributed by atoms with Crippen LogP contribution < -0.4 is 0 Å². The minimum Gasteiger partial charge on any atom is -0.334 e. The molecule has 1 aromatic carbocycles. The molecule has 1 aromatic heterocycles. The van der Waals surface area contributed by atoms with E-state index in [1.807, 2.05) is 36.0 Å². The van der Waals surface area contributed by atoms with Gasteiger partial charge in [0.25, 0.3) is 0 Å². The maximum Gasteiger partial charge on any atom is 0.142 e. The number of nitriles is 1. The van der Waals surface area contributed by atoms with Crippen LogP contribution >= 0.6 is 0 Å². The zero-order valence-corrected chi connectivity index (χ0v) is 15.6. The van der Waals surface area contributed by atoms with Crippen LogP contribution in [-0.4, -0.2) is 51.1 Å². The number of aromatic nitrogens is 2. The Labute approximate surface area is 150 Å². The van der Waals surface area contributed by atoms with Gasteiger partial charge in [-0.05, 0) is 20.8 Å². The number of nitrogens with zero attached hydrogens (tertiary/aromatic N) is 5. The van der Waals surface area contributed by atoms with E-state index in [-0.39, 0.29) is 11.6 Å². The van der Waals surface area contributed by atoms with Gasteiger partial charge >= 0.3 is 0 Å². The SMILES string of the molecule is Cn1cc(C(C#N)N2CCN(C(C)(C)C)CC2)nc1-c1ccccc1. The Hall–Kier alpha value is -2.16. The summed E-state index contributed by atoms with van der Waals surface area (Å²) in [6.45, 7) is 10.5. The zero-order chi connectivity index (χ0) is 18.0. The number of hydrogen-bond donors (Lipinski definition) is 0. The Balaban J connectivity index is 1.78. The lowest BCUT2D eigenvalue weighted by atomic mass is 10.0. The average Bonchev–Trinajstić information content (AvgIpc) is 2.97. The van der Waals surface area contributed by atoms with E-state index in [0.29, 0.717) is 0 Å². The summed E-state index contributed by atoms with van der Waals surface area (Å²) in [5, 5.41) is 9.77. The van der Waals surface area contributed by atoms with Crippen LogP contribution in [0.25, 0.3) is 11.4 Å². The number of piperazine rings is 1. The first-order valence-corrected chi connectivity index (χ1v) is 8.87. The van der Waals surface area contributed by atoms with E-state index in [1.54, 1.807) is 0 Å². The molecule has 1 fully saturated rings. The molecule has 0 bridgehead atoms. The summed E-state index contributed by atoms with van der Waals surface area (Å²) in [6.07, 6.45) is 1.99. The lowest BCUT2D eigenvalue weighted by molar-refractivity contribution is 0.0514. The molecule has 0 spiro atoms. The normalized spacial score (nSPS) is 18.0. The highest BCUT2D eigenvalue weighted by atomic mass is 15.3. The van der Waals surface area contributed by atoms with Crippen LogP contribution in [0.15, 0.2) is 36.5 Å². The van der Waals surface area contributed by atoms with E-state index >= 15 is 0 Å². The van der Waals surface area contributed by atoms with Gasteiger partial charge in [0.2, 0.25) is 0 Å². The highest BCUT2D eigenvalue weighted by Gasteiger charge is 2.31. The second kappa shape index (κ2) is 6.99. The van der Waals surface area contributed by atoms with Crippen molar-refractivity contribution < 1.29 is 0 Å². The molecule has 0 radical (unpaired) electrons. The fourth-order valence-electron chi connectivity index (χ4n) is 3.46. The molecule has 5 heteroatoms. The molecule has 2 aromatic rings. The highest BCUT2D eigenvalue weighted by Crippen LogP contribution is 2.26. The summed E-state index contributed by atoms with van der Waals surface area (Å²) < 4.78 is 2.01. The molecule has 0 saturated carbocycles. The van der Waals surface area contributed by atoms with Crippen molar-refractivity contribution in [1.29, 1.82) is 5.26 Å². The van der Waals surface area contributed by atoms with Gasteiger partial charge in [0.15, 0.2) is 0 Å². The van der Waals surface area contributed by atoms with Crippen molar-refractivity contribution in [1.82, 2.24) is 19.4 Å². The smallest absolute Gasteiger partial charge is 0.142 e. The molecule has 1 unspecified atom stereocenters. The lowest BCUT2D eigenvalue weighted by Gasteiger charge is -2.43. The van der Waals surface area contributed by atoms with Gasteiger partial charge in [0.1, 0.15) is 11.9 Å². The number of benzene rings is 1. The van der Waals surface area contributed by atoms with Crippen molar-refractivity contribution in [2.75, 3.05) is 26.2 Å². The molecule has 132 valence electrons. The van der Waals surface area contributed by atoms with E-state index in [1.165, 1.54) is 0 Å². The van der Waals surface area contributed by atoms with Crippen LogP contribution in [0.2, 0.25) is 0 Å². The van der Waals surface area contributed by atoms with E-state index in [4.69, 9.17) is 4.98 Å². The van der Waals surface area contributed by atoms with Gasteiger partial charge in [0, 0.05) is 50.5 Å². The highest BCUT2D eigenvalue weighted by molar-refractivity contribution is 5.55. The van der Waals surface area contributed by atoms with Crippen molar-refractivity contribution in [3.05, 3.63) is 42.2 Å². The molecule has 2 heterocycles. The van der Waals surface area contributed by atoms with Crippen LogP contribution in [0.4, 0.5) is 0 Å². The van der Waals surface area contributed by atoms with E-state index in [0.717, 1.165) is 43.3 Å². The maximum absolute atomic E-state index is 9.77. The molecular formula is C20H27N5. The van der Waals surface area contributed by atoms with Crippen molar-refractivity contribution >= 4 is 0 Å². The molecule has 0 amide bonds. The van der Waals surface area contributed by atoms with E-state index < -0.39 is 0 Å². The third kappa shape index (κ3) is 3.76. The summed E-state index contributed by atoms with van der Waals surface area (Å²) in [5.41, 5.74) is 2.10. The van der Waals surface area contributed by atoms with Crippen LogP contribution in [0.1, 0.15) is 32.5 Å². The third-order valence-corrected chi connectivity index (χ3v) is 4.96. The number of aryl methyl sites for hydroxylation is 1. The second-order valence-corrected chi connectivity index (χ2v) is 7.69. The maximum atomic E-state index is 9.77. The quantitative estimate of drug-likeness (QED) is 0.864. The van der Waals surface area contributed by atoms with E-state index in [9.17, 15) is 5.26 Å². The molecule has 0 aliphatic carbocycles. The van der Waals surface area contributed by atoms with Crippen molar-refractivity contribution in [3.8, 4) is 17.5 Å². The van der Waals surface area contributed by atoms with Gasteiger partial charge in [0.05, 0.1) is 11.8 Å². The fraction of sp³-hybridized carbons (Fsp3) is 0.500. The van der Waals surface area contributed by atoms with Crippen molar-refractivity contribution in [3.63, 3.8) is 0 Å². The van der Waals surface area contributed by atoms with Gasteiger partial charge in [-0.15, -0.1) is 0 Å². The van der Waals surface area contributed by atoms with Gasteiger partial charge < -0.3 is 4.57 Å². The number of hydrogen-bond acceptors (Lipinski definition) is 4. The Bertz CT molecular complexity index is 743. The second-order valence-electron chi connectivity index (χ2n) is 7.69. The first-order chi connectivity index (χ1) is 11.9. The third-order valence-electron chi connectivity index (χ3n) is 4.96. The topological polar surface area (TPSA) is 48.1 Å². The monoisotopic (exact) mass is 337 g/mol. The Morgan fingerprint density at radius 2 is 1.72 bits per heavy atom. The molecule has 1 aliphatic heterocycles. The minimum atomic E-state index is -0.286. The summed E-state index contributed by atoms with van der Waals surface area (Å²) in [5.74, 6) is 0.907. The van der Waals surface area contributed by atoms with Crippen molar-refractivity contribution in [2.45, 2.75) is 32.4 Å². The summed E-state index contributed by atoms with van der Waals surface area (Å²) in [4.78, 5) is 9.51. The molecular weight excluding hydrogens is 310 g/mol. The molecule has 1 atom stereocenters. The molecule has 0 N–H and O–H groups in total. The molecule has 1 aliphatic rings. The molecule has 1 saturated heterocycles. The number of rotatable bonds is 3. The zero-order valence-electron chi connectivity index (χ0n) is 15.6. The largest absolute Gasteiger partial charge is 0.334 e. The van der Waals surface area contributed by atoms with Crippen LogP contribution in [-0.2, 0) is 7.05 Å². The van der Waals surface area contributed by atoms with E-state index in [2.05, 4.69) is 48.8 Å².